The molecule has 6 N–H and O–H groups in total. The minimum atomic E-state index is -0.657. The number of carbonyl (C=O) groups is 2. The maximum absolute atomic E-state index is 11.8. The van der Waals surface area contributed by atoms with Gasteiger partial charge in [0.05, 0.1) is 17.6 Å². The molecule has 0 aliphatic heterocycles. The number of hydrogen-bond acceptors (Lipinski definition) is 6. The Bertz CT molecular complexity index is 1050. The molecule has 0 saturated carbocycles. The number of pyridine rings is 2. The van der Waals surface area contributed by atoms with Crippen LogP contribution in [0.25, 0.3) is 10.8 Å². The highest BCUT2D eigenvalue weighted by Crippen LogP contribution is 2.26. The van der Waals surface area contributed by atoms with Crippen LogP contribution in [0.15, 0.2) is 48.9 Å². The third kappa shape index (κ3) is 4.98. The predicted molar refractivity (Wildman–Crippen MR) is 114 cm³/mol. The Hall–Kier alpha value is -3.68. The molecule has 29 heavy (non-hydrogen) atoms. The van der Waals surface area contributed by atoms with Gasteiger partial charge in [-0.3, -0.25) is 14.6 Å². The van der Waals surface area contributed by atoms with Gasteiger partial charge in [0, 0.05) is 23.5 Å². The summed E-state index contributed by atoms with van der Waals surface area (Å²) in [5, 5.41) is 8.27. The molecule has 2 heterocycles. The topological polar surface area (TPSA) is 136 Å². The lowest BCUT2D eigenvalue weighted by Crippen LogP contribution is -2.36. The van der Waals surface area contributed by atoms with Crippen molar-refractivity contribution < 1.29 is 9.59 Å². The number of fused-ring (bicyclic) bond motifs is 1. The number of nitrogens with two attached hydrogens (primary N) is 2. The van der Waals surface area contributed by atoms with Gasteiger partial charge in [0.2, 0.25) is 5.91 Å². The fourth-order valence-corrected chi connectivity index (χ4v) is 3.07. The third-order valence-corrected chi connectivity index (χ3v) is 4.43. The molecular formula is C21H24N6O2. The van der Waals surface area contributed by atoms with Gasteiger partial charge in [0.15, 0.2) is 5.69 Å². The van der Waals surface area contributed by atoms with Crippen LogP contribution in [0.2, 0.25) is 0 Å². The van der Waals surface area contributed by atoms with Gasteiger partial charge in [0.1, 0.15) is 6.04 Å². The Morgan fingerprint density at radius 2 is 1.83 bits per heavy atom. The van der Waals surface area contributed by atoms with Crippen molar-refractivity contribution in [1.82, 2.24) is 9.97 Å². The molecule has 3 rings (SSSR count). The second-order valence-electron chi connectivity index (χ2n) is 7.28. The van der Waals surface area contributed by atoms with E-state index in [1.165, 1.54) is 6.20 Å². The van der Waals surface area contributed by atoms with Crippen LogP contribution in [0.4, 0.5) is 17.1 Å². The molecule has 0 aliphatic carbocycles. The van der Waals surface area contributed by atoms with Gasteiger partial charge in [-0.2, -0.15) is 0 Å². The van der Waals surface area contributed by atoms with E-state index in [1.54, 1.807) is 18.5 Å². The lowest BCUT2D eigenvalue weighted by atomic mass is 10.0. The minimum Gasteiger partial charge on any atom is -0.372 e. The fraction of sp³-hybridized carbons (Fsp3) is 0.238. The molecule has 0 saturated heterocycles. The smallest absolute Gasteiger partial charge is 0.269 e. The van der Waals surface area contributed by atoms with E-state index in [0.29, 0.717) is 17.8 Å². The van der Waals surface area contributed by atoms with Crippen molar-refractivity contribution in [2.45, 2.75) is 26.3 Å². The number of aromatic nitrogens is 2. The van der Waals surface area contributed by atoms with E-state index >= 15 is 0 Å². The van der Waals surface area contributed by atoms with Gasteiger partial charge in [-0.15, -0.1) is 0 Å². The number of rotatable bonds is 8. The van der Waals surface area contributed by atoms with Gasteiger partial charge in [0.25, 0.3) is 5.91 Å². The molecule has 1 atom stereocenters. The number of amides is 2. The SMILES string of the molecule is CC(C)C[C@@H](Nc1cnc(C(N)=O)c(Nc2ccc3ccncc3c2)c1)C(N)=O. The van der Waals surface area contributed by atoms with Crippen LogP contribution in [-0.4, -0.2) is 27.8 Å². The second kappa shape index (κ2) is 8.55. The summed E-state index contributed by atoms with van der Waals surface area (Å²) in [4.78, 5) is 31.9. The highest BCUT2D eigenvalue weighted by Gasteiger charge is 2.18. The Kier molecular flexibility index (Phi) is 5.92. The number of nitrogens with zero attached hydrogens (tertiary/aromatic N) is 2. The van der Waals surface area contributed by atoms with Gasteiger partial charge in [-0.05, 0) is 42.0 Å². The summed E-state index contributed by atoms with van der Waals surface area (Å²) in [5.74, 6) is -0.828. The molecular weight excluding hydrogens is 368 g/mol. The fourth-order valence-electron chi connectivity index (χ4n) is 3.07. The van der Waals surface area contributed by atoms with Crippen molar-refractivity contribution in [3.05, 3.63) is 54.6 Å². The highest BCUT2D eigenvalue weighted by atomic mass is 16.1. The Balaban J connectivity index is 1.91. The number of anilines is 3. The molecule has 3 aromatic rings. The van der Waals surface area contributed by atoms with Gasteiger partial charge in [-0.25, -0.2) is 4.98 Å². The zero-order chi connectivity index (χ0) is 21.0. The predicted octanol–water partition coefficient (Wildman–Crippen LogP) is 2.78. The van der Waals surface area contributed by atoms with Crippen LogP contribution in [0.3, 0.4) is 0 Å². The zero-order valence-corrected chi connectivity index (χ0v) is 16.3. The summed E-state index contributed by atoms with van der Waals surface area (Å²) in [5.41, 5.74) is 12.8. The summed E-state index contributed by atoms with van der Waals surface area (Å²) in [6.07, 6.45) is 5.53. The molecule has 0 radical (unpaired) electrons. The van der Waals surface area contributed by atoms with Gasteiger partial charge < -0.3 is 22.1 Å². The molecule has 0 unspecified atom stereocenters. The van der Waals surface area contributed by atoms with Crippen molar-refractivity contribution in [3.63, 3.8) is 0 Å². The zero-order valence-electron chi connectivity index (χ0n) is 16.3. The monoisotopic (exact) mass is 392 g/mol. The lowest BCUT2D eigenvalue weighted by molar-refractivity contribution is -0.119. The number of carbonyl (C=O) groups excluding carboxylic acids is 2. The van der Waals surface area contributed by atoms with E-state index in [0.717, 1.165) is 16.5 Å². The van der Waals surface area contributed by atoms with Crippen molar-refractivity contribution in [2.75, 3.05) is 10.6 Å². The first-order valence-corrected chi connectivity index (χ1v) is 9.30. The molecule has 150 valence electrons. The summed E-state index contributed by atoms with van der Waals surface area (Å²) < 4.78 is 0. The number of hydrogen-bond donors (Lipinski definition) is 4. The Labute approximate surface area is 168 Å². The van der Waals surface area contributed by atoms with Crippen LogP contribution in [-0.2, 0) is 4.79 Å². The Morgan fingerprint density at radius 3 is 2.52 bits per heavy atom. The van der Waals surface area contributed by atoms with E-state index in [-0.39, 0.29) is 11.6 Å². The summed E-state index contributed by atoms with van der Waals surface area (Å²) in [6, 6.07) is 8.81. The van der Waals surface area contributed by atoms with Crippen LogP contribution < -0.4 is 22.1 Å². The lowest BCUT2D eigenvalue weighted by Gasteiger charge is -2.19. The van der Waals surface area contributed by atoms with Crippen LogP contribution in [0.5, 0.6) is 0 Å². The van der Waals surface area contributed by atoms with Crippen molar-refractivity contribution in [1.29, 1.82) is 0 Å². The van der Waals surface area contributed by atoms with Gasteiger partial charge in [-0.1, -0.05) is 19.9 Å². The number of primary amides is 2. The third-order valence-electron chi connectivity index (χ3n) is 4.43. The molecule has 8 nitrogen and oxygen atoms in total. The molecule has 2 aromatic heterocycles. The summed E-state index contributed by atoms with van der Waals surface area (Å²) >= 11 is 0. The molecule has 0 spiro atoms. The highest BCUT2D eigenvalue weighted by molar-refractivity contribution is 5.98. The number of benzene rings is 1. The first-order valence-electron chi connectivity index (χ1n) is 9.30. The van der Waals surface area contributed by atoms with Crippen molar-refractivity contribution >= 4 is 39.6 Å². The molecule has 1 aromatic carbocycles. The van der Waals surface area contributed by atoms with E-state index in [4.69, 9.17) is 11.5 Å². The number of nitrogens with one attached hydrogen (secondary N) is 2. The first kappa shape index (κ1) is 20.1. The largest absolute Gasteiger partial charge is 0.372 e. The standard InChI is InChI=1S/C21H24N6O2/c1-12(2)7-18(20(22)28)27-16-9-17(19(21(23)29)25-11-16)26-15-4-3-13-5-6-24-10-14(13)8-15/h3-6,8-12,18,26-27H,7H2,1-2H3,(H2,22,28)(H2,23,29)/t18-/m1/s1. The maximum atomic E-state index is 11.8. The van der Waals surface area contributed by atoms with Crippen LogP contribution in [0.1, 0.15) is 30.8 Å². The normalized spacial score (nSPS) is 12.0. The molecule has 8 heteroatoms. The molecule has 2 amide bonds. The molecule has 0 fully saturated rings. The quantitative estimate of drug-likeness (QED) is 0.465. The average molecular weight is 392 g/mol. The second-order valence-corrected chi connectivity index (χ2v) is 7.28. The van der Waals surface area contributed by atoms with E-state index < -0.39 is 17.9 Å². The van der Waals surface area contributed by atoms with Gasteiger partial charge >= 0.3 is 0 Å². The first-order chi connectivity index (χ1) is 13.8. The summed E-state index contributed by atoms with van der Waals surface area (Å²) in [6.45, 7) is 4.02. The van der Waals surface area contributed by atoms with E-state index in [1.807, 2.05) is 38.1 Å². The maximum Gasteiger partial charge on any atom is 0.269 e. The molecule has 0 bridgehead atoms. The molecule has 0 aliphatic rings. The summed E-state index contributed by atoms with van der Waals surface area (Å²) in [7, 11) is 0. The van der Waals surface area contributed by atoms with E-state index in [2.05, 4.69) is 20.6 Å². The minimum absolute atomic E-state index is 0.0984. The van der Waals surface area contributed by atoms with Crippen LogP contribution >= 0.6 is 0 Å². The van der Waals surface area contributed by atoms with Crippen LogP contribution in [0, 0.1) is 5.92 Å². The average Bonchev–Trinajstić information content (AvgIpc) is 2.67. The van der Waals surface area contributed by atoms with Crippen molar-refractivity contribution in [2.24, 2.45) is 17.4 Å². The van der Waals surface area contributed by atoms with E-state index in [9.17, 15) is 9.59 Å². The van der Waals surface area contributed by atoms with Crippen molar-refractivity contribution in [3.8, 4) is 0 Å². The Morgan fingerprint density at radius 1 is 1.03 bits per heavy atom.